The molecule has 1 amide bonds. The lowest BCUT2D eigenvalue weighted by Crippen LogP contribution is -2.36. The number of pyridine rings is 1. The van der Waals surface area contributed by atoms with Gasteiger partial charge in [0.15, 0.2) is 0 Å². The van der Waals surface area contributed by atoms with Gasteiger partial charge in [0.05, 0.1) is 23.5 Å². The Hall–Kier alpha value is -1.96. The van der Waals surface area contributed by atoms with Crippen molar-refractivity contribution in [1.29, 1.82) is 0 Å². The first-order valence-electron chi connectivity index (χ1n) is 6.74. The van der Waals surface area contributed by atoms with Gasteiger partial charge >= 0.3 is 0 Å². The SMILES string of the molecule is CS(=O)(=O)N(CC(=O)Nc1ccccc1Cl)Cc1cccnc1. The fourth-order valence-corrected chi connectivity index (χ4v) is 2.82. The van der Waals surface area contributed by atoms with Crippen LogP contribution >= 0.6 is 11.6 Å². The van der Waals surface area contributed by atoms with Crippen molar-refractivity contribution in [2.24, 2.45) is 0 Å². The summed E-state index contributed by atoms with van der Waals surface area (Å²) in [6.45, 7) is -0.235. The van der Waals surface area contributed by atoms with Gasteiger partial charge in [-0.25, -0.2) is 8.42 Å². The standard InChI is InChI=1S/C15H16ClN3O3S/c1-23(21,22)19(10-12-5-4-8-17-9-12)11-15(20)18-14-7-3-2-6-13(14)16/h2-9H,10-11H2,1H3,(H,18,20). The van der Waals surface area contributed by atoms with Crippen molar-refractivity contribution >= 4 is 33.2 Å². The van der Waals surface area contributed by atoms with Gasteiger partial charge < -0.3 is 5.32 Å². The van der Waals surface area contributed by atoms with Crippen molar-refractivity contribution in [1.82, 2.24) is 9.29 Å². The van der Waals surface area contributed by atoms with Gasteiger partial charge in [0.1, 0.15) is 0 Å². The molecule has 2 aromatic rings. The average Bonchev–Trinajstić information content (AvgIpc) is 2.49. The Bertz CT molecular complexity index is 782. The third-order valence-electron chi connectivity index (χ3n) is 3.02. The maximum Gasteiger partial charge on any atom is 0.239 e. The fraction of sp³-hybridized carbons (Fsp3) is 0.200. The Balaban J connectivity index is 2.09. The number of nitrogens with one attached hydrogen (secondary N) is 1. The third-order valence-corrected chi connectivity index (χ3v) is 4.54. The van der Waals surface area contributed by atoms with E-state index < -0.39 is 15.9 Å². The van der Waals surface area contributed by atoms with Gasteiger partial charge in [0, 0.05) is 18.9 Å². The van der Waals surface area contributed by atoms with Crippen LogP contribution in [-0.4, -0.2) is 36.4 Å². The number of amides is 1. The summed E-state index contributed by atoms with van der Waals surface area (Å²) in [7, 11) is -3.55. The summed E-state index contributed by atoms with van der Waals surface area (Å²) in [5.41, 5.74) is 1.14. The molecule has 1 aromatic carbocycles. The van der Waals surface area contributed by atoms with E-state index in [2.05, 4.69) is 10.3 Å². The van der Waals surface area contributed by atoms with Crippen molar-refractivity contribution < 1.29 is 13.2 Å². The number of para-hydroxylation sites is 1. The summed E-state index contributed by atoms with van der Waals surface area (Å²) in [5, 5.41) is 2.99. The smallest absolute Gasteiger partial charge is 0.239 e. The maximum absolute atomic E-state index is 12.1. The molecule has 122 valence electrons. The predicted octanol–water partition coefficient (Wildman–Crippen LogP) is 2.14. The molecule has 1 N–H and O–H groups in total. The zero-order valence-electron chi connectivity index (χ0n) is 12.4. The highest BCUT2D eigenvalue weighted by molar-refractivity contribution is 7.88. The number of nitrogens with zero attached hydrogens (tertiary/aromatic N) is 2. The molecule has 0 radical (unpaired) electrons. The van der Waals surface area contributed by atoms with Crippen molar-refractivity contribution in [2.45, 2.75) is 6.54 Å². The van der Waals surface area contributed by atoms with Gasteiger partial charge in [-0.15, -0.1) is 0 Å². The molecule has 0 aliphatic rings. The summed E-state index contributed by atoms with van der Waals surface area (Å²) >= 11 is 5.97. The van der Waals surface area contributed by atoms with Crippen LogP contribution in [0.4, 0.5) is 5.69 Å². The quantitative estimate of drug-likeness (QED) is 0.862. The largest absolute Gasteiger partial charge is 0.324 e. The van der Waals surface area contributed by atoms with Crippen LogP contribution in [-0.2, 0) is 21.4 Å². The number of carbonyl (C=O) groups excluding carboxylic acids is 1. The number of rotatable bonds is 6. The van der Waals surface area contributed by atoms with Crippen LogP contribution in [0.5, 0.6) is 0 Å². The van der Waals surface area contributed by atoms with Crippen molar-refractivity contribution in [2.75, 3.05) is 18.1 Å². The number of benzene rings is 1. The van der Waals surface area contributed by atoms with Crippen LogP contribution < -0.4 is 5.32 Å². The number of aromatic nitrogens is 1. The Morgan fingerprint density at radius 3 is 2.61 bits per heavy atom. The minimum absolute atomic E-state index is 0.0720. The lowest BCUT2D eigenvalue weighted by Gasteiger charge is -2.19. The molecular weight excluding hydrogens is 338 g/mol. The lowest BCUT2D eigenvalue weighted by molar-refractivity contribution is -0.116. The second kappa shape index (κ2) is 7.54. The molecule has 0 saturated carbocycles. The van der Waals surface area contributed by atoms with Gasteiger partial charge in [-0.05, 0) is 23.8 Å². The molecular formula is C15H16ClN3O3S. The van der Waals surface area contributed by atoms with E-state index in [-0.39, 0.29) is 13.1 Å². The van der Waals surface area contributed by atoms with Crippen molar-refractivity contribution in [3.63, 3.8) is 0 Å². The highest BCUT2D eigenvalue weighted by atomic mass is 35.5. The van der Waals surface area contributed by atoms with Gasteiger partial charge in [-0.1, -0.05) is 29.8 Å². The molecule has 8 heteroatoms. The van der Waals surface area contributed by atoms with E-state index in [1.54, 1.807) is 48.8 Å². The molecule has 1 aromatic heterocycles. The Labute approximate surface area is 140 Å². The molecule has 23 heavy (non-hydrogen) atoms. The van der Waals surface area contributed by atoms with Gasteiger partial charge in [-0.3, -0.25) is 9.78 Å². The van der Waals surface area contributed by atoms with Crippen molar-refractivity contribution in [3.05, 3.63) is 59.4 Å². The zero-order valence-corrected chi connectivity index (χ0v) is 14.0. The number of halogens is 1. The predicted molar refractivity (Wildman–Crippen MR) is 89.6 cm³/mol. The normalized spacial score (nSPS) is 11.4. The molecule has 0 spiro atoms. The highest BCUT2D eigenvalue weighted by Gasteiger charge is 2.21. The second-order valence-corrected chi connectivity index (χ2v) is 7.31. The summed E-state index contributed by atoms with van der Waals surface area (Å²) < 4.78 is 24.9. The molecule has 0 bridgehead atoms. The molecule has 2 rings (SSSR count). The van der Waals surface area contributed by atoms with E-state index in [0.717, 1.165) is 10.6 Å². The number of anilines is 1. The van der Waals surface area contributed by atoms with Crippen LogP contribution in [0.1, 0.15) is 5.56 Å². The van der Waals surface area contributed by atoms with Crippen LogP contribution in [0.2, 0.25) is 5.02 Å². The molecule has 0 unspecified atom stereocenters. The molecule has 0 aliphatic carbocycles. The monoisotopic (exact) mass is 353 g/mol. The van der Waals surface area contributed by atoms with Gasteiger partial charge in [0.2, 0.25) is 15.9 Å². The molecule has 6 nitrogen and oxygen atoms in total. The summed E-state index contributed by atoms with van der Waals surface area (Å²) in [6.07, 6.45) is 4.22. The van der Waals surface area contributed by atoms with Crippen LogP contribution in [0, 0.1) is 0 Å². The van der Waals surface area contributed by atoms with E-state index in [4.69, 9.17) is 11.6 Å². The Morgan fingerprint density at radius 2 is 2.00 bits per heavy atom. The first-order valence-corrected chi connectivity index (χ1v) is 8.97. The number of hydrogen-bond acceptors (Lipinski definition) is 4. The number of sulfonamides is 1. The summed E-state index contributed by atoms with van der Waals surface area (Å²) in [6, 6.07) is 10.2. The van der Waals surface area contributed by atoms with E-state index in [1.165, 1.54) is 0 Å². The molecule has 0 saturated heterocycles. The first-order chi connectivity index (χ1) is 10.9. The summed E-state index contributed by atoms with van der Waals surface area (Å²) in [5.74, 6) is -0.465. The topological polar surface area (TPSA) is 79.4 Å². The summed E-state index contributed by atoms with van der Waals surface area (Å²) in [4.78, 5) is 16.1. The molecule has 1 heterocycles. The van der Waals surface area contributed by atoms with E-state index in [1.807, 2.05) is 0 Å². The number of carbonyl (C=O) groups is 1. The first kappa shape index (κ1) is 17.4. The second-order valence-electron chi connectivity index (χ2n) is 4.92. The number of hydrogen-bond donors (Lipinski definition) is 1. The molecule has 0 aliphatic heterocycles. The average molecular weight is 354 g/mol. The molecule has 0 atom stereocenters. The fourth-order valence-electron chi connectivity index (χ4n) is 1.90. The minimum atomic E-state index is -3.55. The Morgan fingerprint density at radius 1 is 1.26 bits per heavy atom. The van der Waals surface area contributed by atoms with Crippen LogP contribution in [0.15, 0.2) is 48.8 Å². The van der Waals surface area contributed by atoms with E-state index in [9.17, 15) is 13.2 Å². The van der Waals surface area contributed by atoms with Crippen LogP contribution in [0.25, 0.3) is 0 Å². The van der Waals surface area contributed by atoms with Gasteiger partial charge in [-0.2, -0.15) is 4.31 Å². The van der Waals surface area contributed by atoms with E-state index in [0.29, 0.717) is 16.3 Å². The third kappa shape index (κ3) is 5.31. The van der Waals surface area contributed by atoms with E-state index >= 15 is 0 Å². The van der Waals surface area contributed by atoms with Crippen LogP contribution in [0.3, 0.4) is 0 Å². The Kier molecular flexibility index (Phi) is 5.70. The maximum atomic E-state index is 12.1. The van der Waals surface area contributed by atoms with Gasteiger partial charge in [0.25, 0.3) is 0 Å². The van der Waals surface area contributed by atoms with Crippen molar-refractivity contribution in [3.8, 4) is 0 Å². The lowest BCUT2D eigenvalue weighted by atomic mass is 10.3. The zero-order chi connectivity index (χ0) is 16.9. The molecule has 0 fully saturated rings. The minimum Gasteiger partial charge on any atom is -0.324 e. The highest BCUT2D eigenvalue weighted by Crippen LogP contribution is 2.20.